The molecule has 0 bridgehead atoms. The van der Waals surface area contributed by atoms with Gasteiger partial charge in [-0.1, -0.05) is 25.1 Å². The van der Waals surface area contributed by atoms with Gasteiger partial charge in [-0.05, 0) is 18.1 Å². The first kappa shape index (κ1) is 18.6. The molecule has 0 fully saturated rings. The maximum absolute atomic E-state index is 13.7. The van der Waals surface area contributed by atoms with Crippen molar-refractivity contribution in [2.75, 3.05) is 7.11 Å². The third kappa shape index (κ3) is 5.69. The van der Waals surface area contributed by atoms with Gasteiger partial charge in [-0.3, -0.25) is 9.59 Å². The van der Waals surface area contributed by atoms with Crippen molar-refractivity contribution in [3.8, 4) is 0 Å². The highest BCUT2D eigenvalue weighted by atomic mass is 19.1. The molecule has 0 heterocycles. The first-order valence-electron chi connectivity index (χ1n) is 7.27. The summed E-state index contributed by atoms with van der Waals surface area (Å²) >= 11 is 0. The van der Waals surface area contributed by atoms with E-state index in [-0.39, 0.29) is 6.42 Å². The number of amides is 2. The van der Waals surface area contributed by atoms with Crippen molar-refractivity contribution in [2.24, 2.45) is 0 Å². The maximum atomic E-state index is 13.7. The Balaban J connectivity index is 2.88. The minimum Gasteiger partial charge on any atom is -0.467 e. The molecule has 0 radical (unpaired) electrons. The van der Waals surface area contributed by atoms with Crippen LogP contribution in [-0.2, 0) is 25.5 Å². The van der Waals surface area contributed by atoms with Gasteiger partial charge >= 0.3 is 5.97 Å². The molecule has 0 spiro atoms. The molecule has 2 N–H and O–H groups in total. The van der Waals surface area contributed by atoms with Crippen LogP contribution in [0, 0.1) is 5.82 Å². The maximum Gasteiger partial charge on any atom is 0.328 e. The molecule has 7 heteroatoms. The summed E-state index contributed by atoms with van der Waals surface area (Å²) in [4.78, 5) is 35.2. The highest BCUT2D eigenvalue weighted by Gasteiger charge is 2.26. The van der Waals surface area contributed by atoms with Gasteiger partial charge in [-0.15, -0.1) is 0 Å². The quantitative estimate of drug-likeness (QED) is 0.731. The van der Waals surface area contributed by atoms with E-state index in [2.05, 4.69) is 15.4 Å². The smallest absolute Gasteiger partial charge is 0.328 e. The summed E-state index contributed by atoms with van der Waals surface area (Å²) in [6.45, 7) is 2.98. The molecule has 6 nitrogen and oxygen atoms in total. The average molecular weight is 324 g/mol. The second kappa shape index (κ2) is 8.87. The van der Waals surface area contributed by atoms with E-state index in [0.717, 1.165) is 0 Å². The second-order valence-corrected chi connectivity index (χ2v) is 5.04. The molecule has 126 valence electrons. The van der Waals surface area contributed by atoms with Crippen molar-refractivity contribution in [1.82, 2.24) is 10.6 Å². The molecule has 23 heavy (non-hydrogen) atoms. The van der Waals surface area contributed by atoms with E-state index in [9.17, 15) is 18.8 Å². The van der Waals surface area contributed by atoms with Crippen LogP contribution in [0.4, 0.5) is 4.39 Å². The Bertz CT molecular complexity index is 577. The lowest BCUT2D eigenvalue weighted by Crippen LogP contribution is -2.52. The summed E-state index contributed by atoms with van der Waals surface area (Å²) in [5, 5.41) is 4.98. The van der Waals surface area contributed by atoms with Gasteiger partial charge in [-0.25, -0.2) is 9.18 Å². The fourth-order valence-corrected chi connectivity index (χ4v) is 2.08. The number of ether oxygens (including phenoxy) is 1. The molecular formula is C16H21FN2O4. The Morgan fingerprint density at radius 2 is 1.83 bits per heavy atom. The highest BCUT2D eigenvalue weighted by molar-refractivity contribution is 5.90. The molecule has 0 unspecified atom stereocenters. The zero-order valence-electron chi connectivity index (χ0n) is 13.4. The van der Waals surface area contributed by atoms with Crippen molar-refractivity contribution >= 4 is 17.8 Å². The monoisotopic (exact) mass is 324 g/mol. The van der Waals surface area contributed by atoms with E-state index in [1.165, 1.54) is 32.2 Å². The van der Waals surface area contributed by atoms with E-state index in [0.29, 0.717) is 12.0 Å². The Morgan fingerprint density at radius 1 is 1.17 bits per heavy atom. The number of rotatable bonds is 7. The summed E-state index contributed by atoms with van der Waals surface area (Å²) in [6, 6.07) is 4.20. The van der Waals surface area contributed by atoms with E-state index in [4.69, 9.17) is 0 Å². The van der Waals surface area contributed by atoms with Crippen LogP contribution in [0.25, 0.3) is 0 Å². The first-order valence-corrected chi connectivity index (χ1v) is 7.27. The molecule has 0 aliphatic carbocycles. The molecule has 1 aromatic rings. The predicted molar refractivity (Wildman–Crippen MR) is 81.9 cm³/mol. The third-order valence-electron chi connectivity index (χ3n) is 3.29. The fourth-order valence-electron chi connectivity index (χ4n) is 2.08. The number of carbonyl (C=O) groups is 3. The molecule has 2 amide bonds. The molecule has 0 aliphatic heterocycles. The summed E-state index contributed by atoms with van der Waals surface area (Å²) in [6.07, 6.45) is 0.320. The summed E-state index contributed by atoms with van der Waals surface area (Å²) in [5.41, 5.74) is 0.299. The first-order chi connectivity index (χ1) is 10.9. The largest absolute Gasteiger partial charge is 0.467 e. The SMILES string of the molecule is CC[C@@H](NC(=O)[C@H](Cc1ccccc1F)NC(C)=O)C(=O)OC. The lowest BCUT2D eigenvalue weighted by molar-refractivity contribution is -0.145. The Kier molecular flexibility index (Phi) is 7.18. The van der Waals surface area contributed by atoms with Crippen molar-refractivity contribution in [3.63, 3.8) is 0 Å². The minimum atomic E-state index is -0.983. The fraction of sp³-hybridized carbons (Fsp3) is 0.438. The number of esters is 1. The van der Waals surface area contributed by atoms with Crippen LogP contribution in [-0.4, -0.2) is 37.0 Å². The lowest BCUT2D eigenvalue weighted by Gasteiger charge is -2.21. The van der Waals surface area contributed by atoms with Crippen LogP contribution in [0.3, 0.4) is 0 Å². The highest BCUT2D eigenvalue weighted by Crippen LogP contribution is 2.10. The molecule has 0 aromatic heterocycles. The van der Waals surface area contributed by atoms with Crippen LogP contribution in [0.1, 0.15) is 25.8 Å². The van der Waals surface area contributed by atoms with Gasteiger partial charge in [0.25, 0.3) is 0 Å². The number of nitrogens with one attached hydrogen (secondary N) is 2. The van der Waals surface area contributed by atoms with E-state index in [1.54, 1.807) is 13.0 Å². The predicted octanol–water partition coefficient (Wildman–Crippen LogP) is 0.941. The van der Waals surface area contributed by atoms with Crippen molar-refractivity contribution < 1.29 is 23.5 Å². The number of hydrogen-bond donors (Lipinski definition) is 2. The summed E-state index contributed by atoms with van der Waals surface area (Å²) in [7, 11) is 1.22. The van der Waals surface area contributed by atoms with E-state index >= 15 is 0 Å². The minimum absolute atomic E-state index is 0.0182. The Morgan fingerprint density at radius 3 is 2.35 bits per heavy atom. The third-order valence-corrected chi connectivity index (χ3v) is 3.29. The Labute approximate surface area is 134 Å². The summed E-state index contributed by atoms with van der Waals surface area (Å²) < 4.78 is 18.3. The second-order valence-electron chi connectivity index (χ2n) is 5.04. The molecule has 0 saturated heterocycles. The van der Waals surface area contributed by atoms with Gasteiger partial charge in [-0.2, -0.15) is 0 Å². The van der Waals surface area contributed by atoms with Crippen LogP contribution in [0.5, 0.6) is 0 Å². The van der Waals surface area contributed by atoms with E-state index < -0.39 is 35.7 Å². The van der Waals surface area contributed by atoms with Crippen molar-refractivity contribution in [3.05, 3.63) is 35.6 Å². The zero-order chi connectivity index (χ0) is 17.4. The number of hydrogen-bond acceptors (Lipinski definition) is 4. The molecule has 1 aromatic carbocycles. The number of carbonyl (C=O) groups excluding carboxylic acids is 3. The molecule has 0 saturated carbocycles. The Hall–Kier alpha value is -2.44. The van der Waals surface area contributed by atoms with Crippen LogP contribution in [0.2, 0.25) is 0 Å². The lowest BCUT2D eigenvalue weighted by atomic mass is 10.0. The summed E-state index contributed by atoms with van der Waals surface area (Å²) in [5.74, 6) is -2.03. The average Bonchev–Trinajstić information content (AvgIpc) is 2.52. The van der Waals surface area contributed by atoms with Crippen LogP contribution in [0.15, 0.2) is 24.3 Å². The van der Waals surface area contributed by atoms with Crippen molar-refractivity contribution in [1.29, 1.82) is 0 Å². The number of halogens is 1. The normalized spacial score (nSPS) is 12.9. The van der Waals surface area contributed by atoms with Gasteiger partial charge in [0.1, 0.15) is 17.9 Å². The van der Waals surface area contributed by atoms with Crippen LogP contribution < -0.4 is 10.6 Å². The van der Waals surface area contributed by atoms with Crippen LogP contribution >= 0.6 is 0 Å². The molecule has 1 rings (SSSR count). The van der Waals surface area contributed by atoms with Gasteiger partial charge < -0.3 is 15.4 Å². The van der Waals surface area contributed by atoms with Gasteiger partial charge in [0.2, 0.25) is 11.8 Å². The van der Waals surface area contributed by atoms with E-state index in [1.807, 2.05) is 0 Å². The van der Waals surface area contributed by atoms with Gasteiger partial charge in [0.05, 0.1) is 7.11 Å². The molecule has 2 atom stereocenters. The topological polar surface area (TPSA) is 84.5 Å². The number of benzene rings is 1. The molecular weight excluding hydrogens is 303 g/mol. The van der Waals surface area contributed by atoms with Gasteiger partial charge in [0.15, 0.2) is 0 Å². The molecule has 0 aliphatic rings. The van der Waals surface area contributed by atoms with Crippen molar-refractivity contribution in [2.45, 2.75) is 38.8 Å². The standard InChI is InChI=1S/C16H21FN2O4/c1-4-13(16(22)23-3)19-15(21)14(18-10(2)20)9-11-7-5-6-8-12(11)17/h5-8,13-14H,4,9H2,1-3H3,(H,18,20)(H,19,21)/t13-,14+/m1/s1. The number of methoxy groups -OCH3 is 1. The zero-order valence-corrected chi connectivity index (χ0v) is 13.4. The van der Waals surface area contributed by atoms with Gasteiger partial charge in [0, 0.05) is 13.3 Å².